The van der Waals surface area contributed by atoms with Crippen molar-refractivity contribution in [3.05, 3.63) is 28.8 Å². The Bertz CT molecular complexity index is 491. The molecule has 110 valence electrons. The highest BCUT2D eigenvalue weighted by atomic mass is 16.5. The molecule has 4 nitrogen and oxygen atoms in total. The zero-order valence-electron chi connectivity index (χ0n) is 12.5. The number of benzene rings is 1. The number of rotatable bonds is 4. The zero-order valence-corrected chi connectivity index (χ0v) is 12.5. The largest absolute Gasteiger partial charge is 0.496 e. The molecule has 0 spiro atoms. The van der Waals surface area contributed by atoms with E-state index in [4.69, 9.17) is 9.84 Å². The lowest BCUT2D eigenvalue weighted by Crippen LogP contribution is -2.36. The van der Waals surface area contributed by atoms with Crippen LogP contribution in [0.3, 0.4) is 0 Å². The Kier molecular flexibility index (Phi) is 4.65. The second-order valence-electron chi connectivity index (χ2n) is 5.57. The molecule has 0 atom stereocenters. The van der Waals surface area contributed by atoms with Gasteiger partial charge >= 0.3 is 5.97 Å². The van der Waals surface area contributed by atoms with E-state index < -0.39 is 5.97 Å². The van der Waals surface area contributed by atoms with Crippen LogP contribution in [-0.4, -0.2) is 36.2 Å². The third-order valence-electron chi connectivity index (χ3n) is 4.40. The summed E-state index contributed by atoms with van der Waals surface area (Å²) in [5, 5.41) is 9.02. The van der Waals surface area contributed by atoms with Crippen molar-refractivity contribution in [1.82, 2.24) is 4.90 Å². The molecule has 1 saturated heterocycles. The van der Waals surface area contributed by atoms with Crippen molar-refractivity contribution in [2.45, 2.75) is 33.2 Å². The van der Waals surface area contributed by atoms with Gasteiger partial charge in [0.25, 0.3) is 0 Å². The van der Waals surface area contributed by atoms with E-state index in [1.807, 2.05) is 6.07 Å². The minimum absolute atomic E-state index is 0.162. The molecule has 1 aromatic rings. The molecule has 1 aliphatic heterocycles. The first-order valence-corrected chi connectivity index (χ1v) is 7.11. The molecule has 0 aromatic heterocycles. The Morgan fingerprint density at radius 1 is 1.30 bits per heavy atom. The molecule has 2 rings (SSSR count). The monoisotopic (exact) mass is 277 g/mol. The predicted molar refractivity (Wildman–Crippen MR) is 78.1 cm³/mol. The second-order valence-corrected chi connectivity index (χ2v) is 5.57. The molecule has 0 aliphatic carbocycles. The Labute approximate surface area is 120 Å². The van der Waals surface area contributed by atoms with Crippen molar-refractivity contribution in [3.63, 3.8) is 0 Å². The van der Waals surface area contributed by atoms with Gasteiger partial charge in [-0.05, 0) is 62.5 Å². The number of likely N-dealkylation sites (tertiary alicyclic amines) is 1. The van der Waals surface area contributed by atoms with Gasteiger partial charge in [0.15, 0.2) is 0 Å². The van der Waals surface area contributed by atoms with Gasteiger partial charge in [-0.25, -0.2) is 0 Å². The average Bonchev–Trinajstić information content (AvgIpc) is 2.45. The first-order chi connectivity index (χ1) is 9.52. The van der Waals surface area contributed by atoms with E-state index in [1.54, 1.807) is 7.11 Å². The van der Waals surface area contributed by atoms with E-state index in [0.717, 1.165) is 38.2 Å². The van der Waals surface area contributed by atoms with Crippen molar-refractivity contribution in [1.29, 1.82) is 0 Å². The maximum absolute atomic E-state index is 11.0. The Balaban J connectivity index is 2.01. The Morgan fingerprint density at radius 2 is 1.95 bits per heavy atom. The van der Waals surface area contributed by atoms with E-state index in [9.17, 15) is 4.79 Å². The highest BCUT2D eigenvalue weighted by Gasteiger charge is 2.24. The molecule has 1 aromatic carbocycles. The van der Waals surface area contributed by atoms with E-state index in [1.165, 1.54) is 16.7 Å². The summed E-state index contributed by atoms with van der Waals surface area (Å²) < 4.78 is 5.33. The fourth-order valence-electron chi connectivity index (χ4n) is 2.82. The maximum Gasteiger partial charge on any atom is 0.306 e. The second kappa shape index (κ2) is 6.27. The lowest BCUT2D eigenvalue weighted by atomic mass is 9.96. The minimum atomic E-state index is -0.652. The summed E-state index contributed by atoms with van der Waals surface area (Å²) in [5.41, 5.74) is 3.76. The number of carbonyl (C=O) groups is 1. The van der Waals surface area contributed by atoms with Crippen molar-refractivity contribution in [2.75, 3.05) is 20.2 Å². The number of ether oxygens (including phenoxy) is 1. The molecule has 0 radical (unpaired) electrons. The SMILES string of the molecule is COc1ccc(CN2CCC(C(=O)O)CC2)c(C)c1C. The number of piperidine rings is 1. The van der Waals surface area contributed by atoms with Crippen LogP contribution in [0.4, 0.5) is 0 Å². The highest BCUT2D eigenvalue weighted by molar-refractivity contribution is 5.70. The summed E-state index contributed by atoms with van der Waals surface area (Å²) in [5.74, 6) is 0.113. The van der Waals surface area contributed by atoms with Gasteiger partial charge in [-0.2, -0.15) is 0 Å². The lowest BCUT2D eigenvalue weighted by Gasteiger charge is -2.30. The summed E-state index contributed by atoms with van der Waals surface area (Å²) in [6.45, 7) is 6.82. The lowest BCUT2D eigenvalue weighted by molar-refractivity contribution is -0.143. The molecule has 0 unspecified atom stereocenters. The Morgan fingerprint density at radius 3 is 2.50 bits per heavy atom. The molecule has 20 heavy (non-hydrogen) atoms. The first-order valence-electron chi connectivity index (χ1n) is 7.11. The molecular formula is C16H23NO3. The van der Waals surface area contributed by atoms with E-state index in [0.29, 0.717) is 0 Å². The molecule has 0 amide bonds. The smallest absolute Gasteiger partial charge is 0.306 e. The molecule has 0 bridgehead atoms. The molecule has 1 aliphatic rings. The van der Waals surface area contributed by atoms with E-state index >= 15 is 0 Å². The number of carboxylic acid groups (broad SMARTS) is 1. The van der Waals surface area contributed by atoms with Crippen LogP contribution in [0.5, 0.6) is 5.75 Å². The van der Waals surface area contributed by atoms with Gasteiger partial charge in [-0.3, -0.25) is 9.69 Å². The minimum Gasteiger partial charge on any atom is -0.496 e. The average molecular weight is 277 g/mol. The van der Waals surface area contributed by atoms with Crippen molar-refractivity contribution >= 4 is 5.97 Å². The summed E-state index contributed by atoms with van der Waals surface area (Å²) in [7, 11) is 1.69. The van der Waals surface area contributed by atoms with Gasteiger partial charge < -0.3 is 9.84 Å². The quantitative estimate of drug-likeness (QED) is 0.919. The van der Waals surface area contributed by atoms with Crippen molar-refractivity contribution in [2.24, 2.45) is 5.92 Å². The summed E-state index contributed by atoms with van der Waals surface area (Å²) in [6, 6.07) is 4.13. The molecule has 1 heterocycles. The first kappa shape index (κ1) is 14.9. The van der Waals surface area contributed by atoms with Gasteiger partial charge in [-0.1, -0.05) is 6.07 Å². The number of hydrogen-bond acceptors (Lipinski definition) is 3. The fourth-order valence-corrected chi connectivity index (χ4v) is 2.82. The molecule has 1 N–H and O–H groups in total. The van der Waals surface area contributed by atoms with Crippen LogP contribution in [0.1, 0.15) is 29.5 Å². The molecule has 0 saturated carbocycles. The van der Waals surface area contributed by atoms with Gasteiger partial charge in [0.05, 0.1) is 13.0 Å². The fraction of sp³-hybridized carbons (Fsp3) is 0.562. The van der Waals surface area contributed by atoms with E-state index in [-0.39, 0.29) is 5.92 Å². The van der Waals surface area contributed by atoms with Gasteiger partial charge in [0.2, 0.25) is 0 Å². The third kappa shape index (κ3) is 3.12. The third-order valence-corrected chi connectivity index (χ3v) is 4.40. The van der Waals surface area contributed by atoms with Crippen LogP contribution in [0.25, 0.3) is 0 Å². The summed E-state index contributed by atoms with van der Waals surface area (Å²) in [6.07, 6.45) is 1.51. The number of aliphatic carboxylic acids is 1. The Hall–Kier alpha value is -1.55. The van der Waals surface area contributed by atoms with Crippen LogP contribution in [0, 0.1) is 19.8 Å². The normalized spacial score (nSPS) is 17.1. The van der Waals surface area contributed by atoms with Crippen LogP contribution >= 0.6 is 0 Å². The van der Waals surface area contributed by atoms with E-state index in [2.05, 4.69) is 24.8 Å². The molecule has 1 fully saturated rings. The van der Waals surface area contributed by atoms with Crippen LogP contribution in [-0.2, 0) is 11.3 Å². The number of methoxy groups -OCH3 is 1. The standard InChI is InChI=1S/C16H23NO3/c1-11-12(2)15(20-3)5-4-14(11)10-17-8-6-13(7-9-17)16(18)19/h4-5,13H,6-10H2,1-3H3,(H,18,19). The van der Waals surface area contributed by atoms with Crippen LogP contribution in [0.15, 0.2) is 12.1 Å². The van der Waals surface area contributed by atoms with Crippen molar-refractivity contribution < 1.29 is 14.6 Å². The molecule has 4 heteroatoms. The maximum atomic E-state index is 11.0. The van der Waals surface area contributed by atoms with Crippen LogP contribution < -0.4 is 4.74 Å². The predicted octanol–water partition coefficient (Wildman–Crippen LogP) is 2.61. The van der Waals surface area contributed by atoms with Gasteiger partial charge in [0, 0.05) is 6.54 Å². The highest BCUT2D eigenvalue weighted by Crippen LogP contribution is 2.26. The number of nitrogens with zero attached hydrogens (tertiary/aromatic N) is 1. The van der Waals surface area contributed by atoms with Gasteiger partial charge in [-0.15, -0.1) is 0 Å². The summed E-state index contributed by atoms with van der Waals surface area (Å²) in [4.78, 5) is 13.3. The van der Waals surface area contributed by atoms with Crippen molar-refractivity contribution in [3.8, 4) is 5.75 Å². The van der Waals surface area contributed by atoms with Gasteiger partial charge in [0.1, 0.15) is 5.75 Å². The number of carboxylic acids is 1. The molecular weight excluding hydrogens is 254 g/mol. The number of hydrogen-bond donors (Lipinski definition) is 1. The van der Waals surface area contributed by atoms with Crippen LogP contribution in [0.2, 0.25) is 0 Å². The topological polar surface area (TPSA) is 49.8 Å². The zero-order chi connectivity index (χ0) is 14.7. The summed E-state index contributed by atoms with van der Waals surface area (Å²) >= 11 is 0.